The monoisotopic (exact) mass is 318 g/mol. The second kappa shape index (κ2) is 7.07. The van der Waals surface area contributed by atoms with E-state index in [9.17, 15) is 0 Å². The van der Waals surface area contributed by atoms with Gasteiger partial charge in [-0.25, -0.2) is 0 Å². The number of hydrogen-bond acceptors (Lipinski definition) is 0. The molecule has 3 aromatic rings. The van der Waals surface area contributed by atoms with Crippen LogP contribution in [0.15, 0.2) is 103 Å². The fourth-order valence-electron chi connectivity index (χ4n) is 3.12. The summed E-state index contributed by atoms with van der Waals surface area (Å²) in [5.74, 6) is 6.65. The first-order valence-electron chi connectivity index (χ1n) is 8.52. The van der Waals surface area contributed by atoms with Crippen molar-refractivity contribution in [3.05, 3.63) is 119 Å². The molecular weight excluding hydrogens is 300 g/mol. The Kier molecular flexibility index (Phi) is 4.31. The van der Waals surface area contributed by atoms with E-state index in [2.05, 4.69) is 78.6 Å². The van der Waals surface area contributed by atoms with Crippen molar-refractivity contribution < 1.29 is 0 Å². The highest BCUT2D eigenvalue weighted by Crippen LogP contribution is 2.38. The first-order chi connectivity index (χ1) is 12.4. The first-order valence-corrected chi connectivity index (χ1v) is 8.52. The van der Waals surface area contributed by atoms with Crippen LogP contribution in [-0.4, -0.2) is 0 Å². The van der Waals surface area contributed by atoms with Crippen LogP contribution in [-0.2, 0) is 0 Å². The summed E-state index contributed by atoms with van der Waals surface area (Å²) in [7, 11) is 0. The summed E-state index contributed by atoms with van der Waals surface area (Å²) in [6.07, 6.45) is 3.13. The Balaban J connectivity index is 1.72. The topological polar surface area (TPSA) is 0 Å². The third-order valence-electron chi connectivity index (χ3n) is 4.36. The Hall–Kier alpha value is -3.30. The minimum absolute atomic E-state index is 0.883. The molecule has 0 atom stereocenters. The molecule has 0 fully saturated rings. The van der Waals surface area contributed by atoms with Gasteiger partial charge in [0.15, 0.2) is 0 Å². The summed E-state index contributed by atoms with van der Waals surface area (Å²) >= 11 is 0. The Morgan fingerprint density at radius 1 is 0.560 bits per heavy atom. The maximum Gasteiger partial charge on any atom is 0.0248 e. The van der Waals surface area contributed by atoms with Crippen LogP contribution >= 0.6 is 0 Å². The molecule has 0 aliphatic heterocycles. The second-order valence-electron chi connectivity index (χ2n) is 6.09. The van der Waals surface area contributed by atoms with Crippen LogP contribution in [0.4, 0.5) is 0 Å². The summed E-state index contributed by atoms with van der Waals surface area (Å²) in [6.45, 7) is 0. The van der Waals surface area contributed by atoms with Gasteiger partial charge in [-0.2, -0.15) is 0 Å². The summed E-state index contributed by atoms with van der Waals surface area (Å²) in [5.41, 5.74) is 7.37. The molecule has 0 unspecified atom stereocenters. The molecule has 0 heterocycles. The van der Waals surface area contributed by atoms with Gasteiger partial charge in [0.2, 0.25) is 0 Å². The van der Waals surface area contributed by atoms with E-state index >= 15 is 0 Å². The number of rotatable bonds is 2. The van der Waals surface area contributed by atoms with E-state index in [1.54, 1.807) is 0 Å². The zero-order valence-electron chi connectivity index (χ0n) is 13.9. The van der Waals surface area contributed by atoms with Crippen LogP contribution in [0.3, 0.4) is 0 Å². The molecule has 0 saturated carbocycles. The average molecular weight is 318 g/mol. The Labute approximate surface area is 149 Å². The number of hydrogen-bond donors (Lipinski definition) is 0. The molecule has 0 aromatic heterocycles. The molecule has 0 amide bonds. The van der Waals surface area contributed by atoms with Crippen molar-refractivity contribution in [1.82, 2.24) is 0 Å². The first kappa shape index (κ1) is 15.2. The van der Waals surface area contributed by atoms with Crippen molar-refractivity contribution in [3.8, 4) is 11.8 Å². The van der Waals surface area contributed by atoms with E-state index in [-0.39, 0.29) is 0 Å². The average Bonchev–Trinajstić information content (AvgIpc) is 3.13. The molecule has 0 heteroatoms. The summed E-state index contributed by atoms with van der Waals surface area (Å²) in [6, 6.07) is 31.3. The fourth-order valence-corrected chi connectivity index (χ4v) is 3.12. The summed E-state index contributed by atoms with van der Waals surface area (Å²) < 4.78 is 0. The molecule has 3 aromatic carbocycles. The van der Waals surface area contributed by atoms with Crippen LogP contribution < -0.4 is 0 Å². The minimum Gasteiger partial charge on any atom is -0.0657 e. The number of benzene rings is 3. The van der Waals surface area contributed by atoms with Crippen LogP contribution in [0.1, 0.15) is 23.1 Å². The van der Waals surface area contributed by atoms with Gasteiger partial charge >= 0.3 is 0 Å². The predicted molar refractivity (Wildman–Crippen MR) is 106 cm³/mol. The third-order valence-corrected chi connectivity index (χ3v) is 4.36. The van der Waals surface area contributed by atoms with Crippen molar-refractivity contribution in [2.24, 2.45) is 0 Å². The third kappa shape index (κ3) is 3.47. The lowest BCUT2D eigenvalue weighted by molar-refractivity contribution is 1.36. The van der Waals surface area contributed by atoms with Gasteiger partial charge in [-0.1, -0.05) is 90.7 Å². The zero-order chi connectivity index (χ0) is 16.9. The summed E-state index contributed by atoms with van der Waals surface area (Å²) in [5, 5.41) is 0. The van der Waals surface area contributed by atoms with Gasteiger partial charge in [0.25, 0.3) is 0 Å². The van der Waals surface area contributed by atoms with Gasteiger partial charge in [-0.3, -0.25) is 0 Å². The Morgan fingerprint density at radius 3 is 1.76 bits per heavy atom. The number of allylic oxidation sites excluding steroid dienone is 4. The van der Waals surface area contributed by atoms with Gasteiger partial charge in [0.05, 0.1) is 0 Å². The van der Waals surface area contributed by atoms with E-state index in [0.29, 0.717) is 0 Å². The van der Waals surface area contributed by atoms with Gasteiger partial charge in [0.1, 0.15) is 0 Å². The Bertz CT molecular complexity index is 979. The SMILES string of the molecule is C(#Cc1ccccc1)C1=CC(c2ccccc2)=C(c2ccccc2)C1. The van der Waals surface area contributed by atoms with Crippen molar-refractivity contribution >= 4 is 11.1 Å². The van der Waals surface area contributed by atoms with E-state index in [4.69, 9.17) is 0 Å². The van der Waals surface area contributed by atoms with Crippen molar-refractivity contribution in [1.29, 1.82) is 0 Å². The van der Waals surface area contributed by atoms with Crippen LogP contribution in [0.2, 0.25) is 0 Å². The van der Waals surface area contributed by atoms with E-state index in [1.807, 2.05) is 30.3 Å². The van der Waals surface area contributed by atoms with Crippen LogP contribution in [0, 0.1) is 11.8 Å². The standard InChI is InChI=1S/C25H18/c1-4-10-20(11-5-1)16-17-21-18-24(22-12-6-2-7-13-22)25(19-21)23-14-8-3-9-15-23/h1-15,18H,19H2. The molecule has 0 bridgehead atoms. The second-order valence-corrected chi connectivity index (χ2v) is 6.09. The minimum atomic E-state index is 0.883. The molecule has 1 aliphatic carbocycles. The van der Waals surface area contributed by atoms with Crippen molar-refractivity contribution in [2.45, 2.75) is 6.42 Å². The molecule has 25 heavy (non-hydrogen) atoms. The summed E-state index contributed by atoms with van der Waals surface area (Å²) in [4.78, 5) is 0. The van der Waals surface area contributed by atoms with E-state index in [1.165, 1.54) is 27.8 Å². The lowest BCUT2D eigenvalue weighted by atomic mass is 9.96. The van der Waals surface area contributed by atoms with Crippen LogP contribution in [0.5, 0.6) is 0 Å². The molecule has 0 radical (unpaired) electrons. The molecule has 0 N–H and O–H groups in total. The Morgan fingerprint density at radius 2 is 1.12 bits per heavy atom. The van der Waals surface area contributed by atoms with Gasteiger partial charge in [-0.05, 0) is 40.5 Å². The smallest absolute Gasteiger partial charge is 0.0248 e. The predicted octanol–water partition coefficient (Wildman–Crippen LogP) is 5.98. The van der Waals surface area contributed by atoms with Crippen molar-refractivity contribution in [2.75, 3.05) is 0 Å². The normalized spacial score (nSPS) is 13.2. The highest BCUT2D eigenvalue weighted by molar-refractivity contribution is 6.00. The van der Waals surface area contributed by atoms with Crippen molar-refractivity contribution in [3.63, 3.8) is 0 Å². The lowest BCUT2D eigenvalue weighted by Crippen LogP contribution is -1.86. The van der Waals surface area contributed by atoms with E-state index < -0.39 is 0 Å². The molecule has 0 spiro atoms. The molecule has 0 nitrogen and oxygen atoms in total. The molecule has 4 rings (SSSR count). The van der Waals surface area contributed by atoms with Gasteiger partial charge < -0.3 is 0 Å². The molecule has 118 valence electrons. The lowest BCUT2D eigenvalue weighted by Gasteiger charge is -2.07. The molecular formula is C25H18. The largest absolute Gasteiger partial charge is 0.0657 e. The van der Waals surface area contributed by atoms with Gasteiger partial charge in [0, 0.05) is 17.6 Å². The molecule has 0 saturated heterocycles. The quantitative estimate of drug-likeness (QED) is 0.510. The highest BCUT2D eigenvalue weighted by Gasteiger charge is 2.17. The van der Waals surface area contributed by atoms with E-state index in [0.717, 1.165) is 12.0 Å². The maximum atomic E-state index is 3.37. The molecule has 1 aliphatic rings. The zero-order valence-corrected chi connectivity index (χ0v) is 13.9. The highest BCUT2D eigenvalue weighted by atomic mass is 14.2. The fraction of sp³-hybridized carbons (Fsp3) is 0.0400. The van der Waals surface area contributed by atoms with Gasteiger partial charge in [-0.15, -0.1) is 0 Å². The maximum absolute atomic E-state index is 3.37. The van der Waals surface area contributed by atoms with Crippen LogP contribution in [0.25, 0.3) is 11.1 Å².